The van der Waals surface area contributed by atoms with Crippen LogP contribution >= 0.6 is 22.9 Å². The number of hydrogen-bond acceptors (Lipinski definition) is 6. The van der Waals surface area contributed by atoms with Gasteiger partial charge in [0.15, 0.2) is 11.5 Å². The van der Waals surface area contributed by atoms with E-state index in [-0.39, 0.29) is 19.1 Å². The van der Waals surface area contributed by atoms with Crippen LogP contribution in [-0.2, 0) is 11.2 Å². The van der Waals surface area contributed by atoms with Gasteiger partial charge in [-0.2, -0.15) is 0 Å². The minimum atomic E-state index is -0.457. The molecular weight excluding hydrogens is 402 g/mol. The molecule has 0 atom stereocenters. The number of amides is 2. The molecule has 1 aliphatic heterocycles. The van der Waals surface area contributed by atoms with Gasteiger partial charge in [-0.05, 0) is 24.3 Å². The second-order valence-electron chi connectivity index (χ2n) is 5.87. The van der Waals surface area contributed by atoms with Crippen LogP contribution in [0.2, 0.25) is 5.02 Å². The minimum Gasteiger partial charge on any atom is -0.454 e. The first-order valence-corrected chi connectivity index (χ1v) is 9.54. The molecule has 7 nitrogen and oxygen atoms in total. The zero-order chi connectivity index (χ0) is 19.5. The molecule has 28 heavy (non-hydrogen) atoms. The fourth-order valence-corrected chi connectivity index (χ4v) is 3.73. The van der Waals surface area contributed by atoms with Gasteiger partial charge in [-0.25, -0.2) is 4.98 Å². The number of fused-ring (bicyclic) bond motifs is 1. The fourth-order valence-electron chi connectivity index (χ4n) is 2.59. The molecular formula is C19H14ClN3O4S. The van der Waals surface area contributed by atoms with Crippen molar-refractivity contribution in [3.63, 3.8) is 0 Å². The third-order valence-corrected chi connectivity index (χ3v) is 5.20. The van der Waals surface area contributed by atoms with Crippen LogP contribution in [0, 0.1) is 0 Å². The lowest BCUT2D eigenvalue weighted by Crippen LogP contribution is -2.42. The van der Waals surface area contributed by atoms with E-state index in [2.05, 4.69) is 15.8 Å². The molecule has 142 valence electrons. The van der Waals surface area contributed by atoms with Gasteiger partial charge in [0, 0.05) is 16.5 Å². The lowest BCUT2D eigenvalue weighted by molar-refractivity contribution is -0.121. The van der Waals surface area contributed by atoms with E-state index < -0.39 is 5.91 Å². The quantitative estimate of drug-likeness (QED) is 0.639. The van der Waals surface area contributed by atoms with Gasteiger partial charge in [0.25, 0.3) is 5.91 Å². The Balaban J connectivity index is 1.34. The number of nitrogens with one attached hydrogen (secondary N) is 2. The highest BCUT2D eigenvalue weighted by molar-refractivity contribution is 7.13. The van der Waals surface area contributed by atoms with E-state index in [0.29, 0.717) is 27.8 Å². The first-order valence-electron chi connectivity index (χ1n) is 8.28. The zero-order valence-corrected chi connectivity index (χ0v) is 16.0. The number of halogens is 1. The van der Waals surface area contributed by atoms with Gasteiger partial charge >= 0.3 is 0 Å². The average Bonchev–Trinajstić information content (AvgIpc) is 3.35. The summed E-state index contributed by atoms with van der Waals surface area (Å²) in [6, 6.07) is 12.2. The summed E-state index contributed by atoms with van der Waals surface area (Å²) in [5, 5.41) is 3.12. The van der Waals surface area contributed by atoms with Crippen LogP contribution in [0.1, 0.15) is 16.1 Å². The molecule has 9 heteroatoms. The first-order chi connectivity index (χ1) is 13.6. The summed E-state index contributed by atoms with van der Waals surface area (Å²) in [6.07, 6.45) is 0.0301. The Morgan fingerprint density at radius 2 is 1.93 bits per heavy atom. The van der Waals surface area contributed by atoms with Crippen LogP contribution in [0.25, 0.3) is 10.6 Å². The minimum absolute atomic E-state index is 0.0301. The van der Waals surface area contributed by atoms with Crippen molar-refractivity contribution in [2.75, 3.05) is 6.79 Å². The lowest BCUT2D eigenvalue weighted by Gasteiger charge is -2.07. The van der Waals surface area contributed by atoms with Crippen molar-refractivity contribution in [1.82, 2.24) is 15.8 Å². The van der Waals surface area contributed by atoms with E-state index in [1.807, 2.05) is 18.2 Å². The predicted octanol–water partition coefficient (Wildman–Crippen LogP) is 3.20. The highest BCUT2D eigenvalue weighted by Gasteiger charge is 2.17. The number of ether oxygens (including phenoxy) is 2. The molecule has 0 bridgehead atoms. The number of carbonyl (C=O) groups excluding carboxylic acids is 2. The topological polar surface area (TPSA) is 89.6 Å². The number of rotatable bonds is 4. The molecule has 1 aliphatic rings. The van der Waals surface area contributed by atoms with E-state index in [1.54, 1.807) is 29.6 Å². The SMILES string of the molecule is O=C(Cc1csc(-c2ccccc2Cl)n1)NNC(=O)c1ccc2c(c1)OCO2. The van der Waals surface area contributed by atoms with Gasteiger partial charge in [-0.3, -0.25) is 20.4 Å². The molecule has 0 aliphatic carbocycles. The monoisotopic (exact) mass is 415 g/mol. The third-order valence-electron chi connectivity index (χ3n) is 3.95. The van der Waals surface area contributed by atoms with E-state index in [4.69, 9.17) is 21.1 Å². The van der Waals surface area contributed by atoms with Crippen LogP contribution in [0.4, 0.5) is 0 Å². The summed E-state index contributed by atoms with van der Waals surface area (Å²) >= 11 is 7.58. The Bertz CT molecular complexity index is 1050. The Hall–Kier alpha value is -3.10. The summed E-state index contributed by atoms with van der Waals surface area (Å²) < 4.78 is 10.4. The molecule has 0 unspecified atom stereocenters. The maximum Gasteiger partial charge on any atom is 0.269 e. The number of aromatic nitrogens is 1. The van der Waals surface area contributed by atoms with Crippen molar-refractivity contribution in [3.8, 4) is 22.1 Å². The Labute approximate surface area is 169 Å². The molecule has 2 aromatic carbocycles. The van der Waals surface area contributed by atoms with Crippen LogP contribution in [-0.4, -0.2) is 23.6 Å². The van der Waals surface area contributed by atoms with Crippen molar-refractivity contribution in [3.05, 3.63) is 64.1 Å². The number of carbonyl (C=O) groups is 2. The molecule has 0 radical (unpaired) electrons. The average molecular weight is 416 g/mol. The van der Waals surface area contributed by atoms with Gasteiger partial charge in [0.1, 0.15) is 5.01 Å². The Kier molecular flexibility index (Phi) is 5.14. The van der Waals surface area contributed by atoms with Crippen LogP contribution < -0.4 is 20.3 Å². The van der Waals surface area contributed by atoms with Gasteiger partial charge in [0.2, 0.25) is 12.7 Å². The molecule has 0 saturated heterocycles. The maximum absolute atomic E-state index is 12.2. The van der Waals surface area contributed by atoms with Gasteiger partial charge < -0.3 is 9.47 Å². The standard InChI is InChI=1S/C19H14ClN3O4S/c20-14-4-2-1-3-13(14)19-21-12(9-28-19)8-17(24)22-23-18(25)11-5-6-15-16(7-11)27-10-26-15/h1-7,9H,8,10H2,(H,22,24)(H,23,25). The Morgan fingerprint density at radius 3 is 2.79 bits per heavy atom. The van der Waals surface area contributed by atoms with E-state index in [0.717, 1.165) is 10.6 Å². The van der Waals surface area contributed by atoms with Crippen LogP contribution in [0.15, 0.2) is 47.8 Å². The largest absolute Gasteiger partial charge is 0.454 e. The summed E-state index contributed by atoms with van der Waals surface area (Å²) in [7, 11) is 0. The van der Waals surface area contributed by atoms with Crippen molar-refractivity contribution in [1.29, 1.82) is 0 Å². The smallest absolute Gasteiger partial charge is 0.269 e. The number of hydrazine groups is 1. The highest BCUT2D eigenvalue weighted by atomic mass is 35.5. The number of hydrogen-bond donors (Lipinski definition) is 2. The second-order valence-corrected chi connectivity index (χ2v) is 7.14. The van der Waals surface area contributed by atoms with Crippen molar-refractivity contribution < 1.29 is 19.1 Å². The van der Waals surface area contributed by atoms with E-state index in [1.165, 1.54) is 11.3 Å². The molecule has 0 spiro atoms. The van der Waals surface area contributed by atoms with Crippen molar-refractivity contribution in [2.45, 2.75) is 6.42 Å². The van der Waals surface area contributed by atoms with Crippen molar-refractivity contribution in [2.24, 2.45) is 0 Å². The maximum atomic E-state index is 12.2. The fraction of sp³-hybridized carbons (Fsp3) is 0.105. The molecule has 1 aromatic heterocycles. The lowest BCUT2D eigenvalue weighted by atomic mass is 10.2. The summed E-state index contributed by atoms with van der Waals surface area (Å²) in [5.41, 5.74) is 6.52. The van der Waals surface area contributed by atoms with Crippen molar-refractivity contribution >= 4 is 34.8 Å². The molecule has 0 fully saturated rings. The number of benzene rings is 2. The summed E-state index contributed by atoms with van der Waals surface area (Å²) in [5.74, 6) is 0.235. The molecule has 2 heterocycles. The first kappa shape index (κ1) is 18.3. The zero-order valence-electron chi connectivity index (χ0n) is 14.4. The van der Waals surface area contributed by atoms with E-state index in [9.17, 15) is 9.59 Å². The summed E-state index contributed by atoms with van der Waals surface area (Å²) in [6.45, 7) is 0.126. The second kappa shape index (κ2) is 7.87. The third kappa shape index (κ3) is 3.92. The predicted molar refractivity (Wildman–Crippen MR) is 104 cm³/mol. The molecule has 4 rings (SSSR count). The van der Waals surface area contributed by atoms with Crippen LogP contribution in [0.3, 0.4) is 0 Å². The number of nitrogens with zero attached hydrogens (tertiary/aromatic N) is 1. The van der Waals surface area contributed by atoms with Gasteiger partial charge in [-0.1, -0.05) is 29.8 Å². The highest BCUT2D eigenvalue weighted by Crippen LogP contribution is 2.32. The van der Waals surface area contributed by atoms with E-state index >= 15 is 0 Å². The van der Waals surface area contributed by atoms with Gasteiger partial charge in [-0.15, -0.1) is 11.3 Å². The molecule has 3 aromatic rings. The normalized spacial score (nSPS) is 11.9. The molecule has 2 N–H and O–H groups in total. The molecule has 2 amide bonds. The Morgan fingerprint density at radius 1 is 1.11 bits per heavy atom. The summed E-state index contributed by atoms with van der Waals surface area (Å²) in [4.78, 5) is 28.7. The van der Waals surface area contributed by atoms with Gasteiger partial charge in [0.05, 0.1) is 17.1 Å². The molecule has 0 saturated carbocycles. The van der Waals surface area contributed by atoms with Crippen LogP contribution in [0.5, 0.6) is 11.5 Å². The number of thiazole rings is 1.